The van der Waals surface area contributed by atoms with E-state index in [4.69, 9.17) is 4.84 Å². The first-order chi connectivity index (χ1) is 6.67. The lowest BCUT2D eigenvalue weighted by Gasteiger charge is -2.19. The SMILES string of the molecule is CC#CCC(SCC)C(=O)N(C)OC. The fraction of sp³-hybridized carbons (Fsp3) is 0.700. The number of rotatable bonds is 5. The largest absolute Gasteiger partial charge is 0.275 e. The van der Waals surface area contributed by atoms with E-state index >= 15 is 0 Å². The van der Waals surface area contributed by atoms with Gasteiger partial charge >= 0.3 is 0 Å². The minimum atomic E-state index is -0.114. The van der Waals surface area contributed by atoms with E-state index in [0.717, 1.165) is 5.75 Å². The highest BCUT2D eigenvalue weighted by molar-refractivity contribution is 8.00. The summed E-state index contributed by atoms with van der Waals surface area (Å²) in [6.07, 6.45) is 0.585. The van der Waals surface area contributed by atoms with Crippen LogP contribution in [0.15, 0.2) is 0 Å². The molecule has 0 aromatic rings. The van der Waals surface area contributed by atoms with Gasteiger partial charge in [-0.2, -0.15) is 0 Å². The Morgan fingerprint density at radius 2 is 2.29 bits per heavy atom. The van der Waals surface area contributed by atoms with Crippen molar-refractivity contribution in [2.75, 3.05) is 19.9 Å². The van der Waals surface area contributed by atoms with Crippen LogP contribution >= 0.6 is 11.8 Å². The maximum Gasteiger partial charge on any atom is 0.259 e. The number of amides is 1. The fourth-order valence-electron chi connectivity index (χ4n) is 0.906. The number of carbonyl (C=O) groups excluding carboxylic acids is 1. The predicted molar refractivity (Wildman–Crippen MR) is 59.8 cm³/mol. The first-order valence-electron chi connectivity index (χ1n) is 4.50. The van der Waals surface area contributed by atoms with Crippen molar-refractivity contribution in [1.82, 2.24) is 5.06 Å². The van der Waals surface area contributed by atoms with Crippen LogP contribution in [0.25, 0.3) is 0 Å². The minimum absolute atomic E-state index is 0.0258. The lowest BCUT2D eigenvalue weighted by Crippen LogP contribution is -2.33. The first-order valence-corrected chi connectivity index (χ1v) is 5.55. The Balaban J connectivity index is 4.29. The van der Waals surface area contributed by atoms with E-state index in [1.54, 1.807) is 25.7 Å². The molecule has 1 unspecified atom stereocenters. The molecule has 0 aliphatic rings. The molecule has 0 aliphatic carbocycles. The van der Waals surface area contributed by atoms with Crippen LogP contribution in [0.3, 0.4) is 0 Å². The van der Waals surface area contributed by atoms with Crippen LogP contribution < -0.4 is 0 Å². The number of thioether (sulfide) groups is 1. The van der Waals surface area contributed by atoms with Crippen molar-refractivity contribution in [2.24, 2.45) is 0 Å². The van der Waals surface area contributed by atoms with E-state index in [-0.39, 0.29) is 11.2 Å². The Kier molecular flexibility index (Phi) is 7.35. The molecule has 0 bridgehead atoms. The molecule has 0 aromatic carbocycles. The second-order valence-corrected chi connectivity index (χ2v) is 4.07. The van der Waals surface area contributed by atoms with Gasteiger partial charge < -0.3 is 0 Å². The van der Waals surface area contributed by atoms with Gasteiger partial charge in [0.1, 0.15) is 0 Å². The van der Waals surface area contributed by atoms with E-state index in [0.29, 0.717) is 6.42 Å². The van der Waals surface area contributed by atoms with Gasteiger partial charge in [-0.3, -0.25) is 9.63 Å². The average Bonchev–Trinajstić information content (AvgIpc) is 2.22. The molecule has 0 aromatic heterocycles. The van der Waals surface area contributed by atoms with Gasteiger partial charge in [0.05, 0.1) is 12.4 Å². The molecule has 0 radical (unpaired) electrons. The molecule has 3 nitrogen and oxygen atoms in total. The quantitative estimate of drug-likeness (QED) is 0.514. The number of carbonyl (C=O) groups is 1. The average molecular weight is 215 g/mol. The number of hydrogen-bond donors (Lipinski definition) is 0. The highest BCUT2D eigenvalue weighted by atomic mass is 32.2. The molecular weight excluding hydrogens is 198 g/mol. The molecule has 0 N–H and O–H groups in total. The first kappa shape index (κ1) is 13.3. The summed E-state index contributed by atoms with van der Waals surface area (Å²) in [6.45, 7) is 3.80. The van der Waals surface area contributed by atoms with Gasteiger partial charge in [0, 0.05) is 13.5 Å². The second kappa shape index (κ2) is 7.72. The van der Waals surface area contributed by atoms with Crippen LogP contribution in [-0.4, -0.2) is 36.1 Å². The van der Waals surface area contributed by atoms with Crippen molar-refractivity contribution in [2.45, 2.75) is 25.5 Å². The topological polar surface area (TPSA) is 29.5 Å². The molecule has 0 saturated heterocycles. The van der Waals surface area contributed by atoms with Crippen molar-refractivity contribution in [3.05, 3.63) is 0 Å². The second-order valence-electron chi connectivity index (χ2n) is 2.59. The molecule has 0 rings (SSSR count). The zero-order valence-corrected chi connectivity index (χ0v) is 9.98. The molecule has 1 atom stereocenters. The Labute approximate surface area is 90.1 Å². The third kappa shape index (κ3) is 4.54. The van der Waals surface area contributed by atoms with Crippen LogP contribution in [0.1, 0.15) is 20.3 Å². The zero-order valence-electron chi connectivity index (χ0n) is 9.16. The lowest BCUT2D eigenvalue weighted by molar-refractivity contribution is -0.167. The summed E-state index contributed by atoms with van der Waals surface area (Å²) in [6, 6.07) is 0. The van der Waals surface area contributed by atoms with E-state index in [2.05, 4.69) is 11.8 Å². The molecule has 0 heterocycles. The molecule has 1 amide bonds. The molecule has 0 aliphatic heterocycles. The number of hydroxylamine groups is 2. The Morgan fingerprint density at radius 3 is 2.71 bits per heavy atom. The maximum atomic E-state index is 11.7. The molecule has 4 heteroatoms. The molecular formula is C10H17NO2S. The van der Waals surface area contributed by atoms with E-state index < -0.39 is 0 Å². The zero-order chi connectivity index (χ0) is 11.0. The van der Waals surface area contributed by atoms with Gasteiger partial charge in [-0.15, -0.1) is 23.6 Å². The summed E-state index contributed by atoms with van der Waals surface area (Å²) in [5.74, 6) is 6.59. The molecule has 0 spiro atoms. The van der Waals surface area contributed by atoms with E-state index in [1.807, 2.05) is 6.92 Å². The van der Waals surface area contributed by atoms with Gasteiger partial charge in [-0.25, -0.2) is 5.06 Å². The summed E-state index contributed by atoms with van der Waals surface area (Å²) >= 11 is 1.59. The molecule has 0 saturated carbocycles. The highest BCUT2D eigenvalue weighted by Crippen LogP contribution is 2.16. The van der Waals surface area contributed by atoms with Gasteiger partial charge in [0.25, 0.3) is 5.91 Å². The molecule has 0 fully saturated rings. The van der Waals surface area contributed by atoms with Crippen molar-refractivity contribution >= 4 is 17.7 Å². The smallest absolute Gasteiger partial charge is 0.259 e. The normalized spacial score (nSPS) is 11.4. The van der Waals surface area contributed by atoms with Crippen LogP contribution in [0, 0.1) is 11.8 Å². The van der Waals surface area contributed by atoms with Gasteiger partial charge in [0.2, 0.25) is 0 Å². The van der Waals surface area contributed by atoms with Crippen molar-refractivity contribution < 1.29 is 9.63 Å². The van der Waals surface area contributed by atoms with Crippen molar-refractivity contribution in [3.8, 4) is 11.8 Å². The Hall–Kier alpha value is -0.660. The maximum absolute atomic E-state index is 11.7. The Bertz CT molecular complexity index is 232. The fourth-order valence-corrected chi connectivity index (χ4v) is 1.80. The van der Waals surface area contributed by atoms with E-state index in [9.17, 15) is 4.79 Å². The predicted octanol–water partition coefficient (Wildman–Crippen LogP) is 1.54. The van der Waals surface area contributed by atoms with Gasteiger partial charge in [-0.05, 0) is 12.7 Å². The monoisotopic (exact) mass is 215 g/mol. The standard InChI is InChI=1S/C10H17NO2S/c1-5-7-8-9(14-6-2)10(12)11(3)13-4/h9H,6,8H2,1-4H3. The summed E-state index contributed by atoms with van der Waals surface area (Å²) in [5, 5.41) is 1.14. The minimum Gasteiger partial charge on any atom is -0.275 e. The van der Waals surface area contributed by atoms with Gasteiger partial charge in [-0.1, -0.05) is 6.92 Å². The summed E-state index contributed by atoms with van der Waals surface area (Å²) < 4.78 is 0. The van der Waals surface area contributed by atoms with E-state index in [1.165, 1.54) is 12.2 Å². The summed E-state index contributed by atoms with van der Waals surface area (Å²) in [7, 11) is 3.10. The summed E-state index contributed by atoms with van der Waals surface area (Å²) in [5.41, 5.74) is 0. The van der Waals surface area contributed by atoms with Crippen molar-refractivity contribution in [3.63, 3.8) is 0 Å². The van der Waals surface area contributed by atoms with Crippen LogP contribution in [-0.2, 0) is 9.63 Å². The molecule has 14 heavy (non-hydrogen) atoms. The van der Waals surface area contributed by atoms with Crippen molar-refractivity contribution in [1.29, 1.82) is 0 Å². The third-order valence-electron chi connectivity index (χ3n) is 1.69. The Morgan fingerprint density at radius 1 is 1.64 bits per heavy atom. The highest BCUT2D eigenvalue weighted by Gasteiger charge is 2.20. The third-order valence-corrected chi connectivity index (χ3v) is 2.80. The van der Waals surface area contributed by atoms with Crippen LogP contribution in [0.2, 0.25) is 0 Å². The number of hydrogen-bond acceptors (Lipinski definition) is 3. The molecule has 80 valence electrons. The summed E-state index contributed by atoms with van der Waals surface area (Å²) in [4.78, 5) is 16.5. The number of nitrogens with zero attached hydrogens (tertiary/aromatic N) is 1. The van der Waals surface area contributed by atoms with Crippen LogP contribution in [0.5, 0.6) is 0 Å². The lowest BCUT2D eigenvalue weighted by atomic mass is 10.3. The van der Waals surface area contributed by atoms with Gasteiger partial charge in [0.15, 0.2) is 0 Å². The van der Waals surface area contributed by atoms with Crippen LogP contribution in [0.4, 0.5) is 0 Å².